The number of benzene rings is 1. The summed E-state index contributed by atoms with van der Waals surface area (Å²) < 4.78 is 13.8. The van der Waals surface area contributed by atoms with E-state index in [-0.39, 0.29) is 0 Å². The van der Waals surface area contributed by atoms with Gasteiger partial charge in [0.15, 0.2) is 0 Å². The largest absolute Gasteiger partial charge is 0.516 e. The summed E-state index contributed by atoms with van der Waals surface area (Å²) in [6.45, 7) is 5.17. The van der Waals surface area contributed by atoms with Crippen LogP contribution in [0, 0.1) is 0 Å². The Hall–Kier alpha value is -3.10. The Labute approximate surface area is 207 Å². The second kappa shape index (κ2) is 21.4. The quantitative estimate of drug-likeness (QED) is 0.106. The number of hydrogen-bond acceptors (Lipinski definition) is 7. The molecule has 0 bridgehead atoms. The van der Waals surface area contributed by atoms with Crippen LogP contribution in [0.4, 0.5) is 9.59 Å². The molecule has 0 fully saturated rings. The zero-order chi connectivity index (χ0) is 26.3. The third-order valence-electron chi connectivity index (χ3n) is 5.00. The van der Waals surface area contributed by atoms with E-state index in [1.165, 1.54) is 51.4 Å². The second-order valence-corrected chi connectivity index (χ2v) is 7.99. The van der Waals surface area contributed by atoms with Crippen LogP contribution in [0.5, 0.6) is 0 Å². The van der Waals surface area contributed by atoms with E-state index in [0.29, 0.717) is 24.3 Å². The topological polar surface area (TPSA) is 136 Å². The van der Waals surface area contributed by atoms with Crippen molar-refractivity contribution in [2.75, 3.05) is 13.2 Å². The summed E-state index contributed by atoms with van der Waals surface area (Å²) in [6.07, 6.45) is 10.0. The molecule has 0 atom stereocenters. The minimum atomic E-state index is -1.81. The van der Waals surface area contributed by atoms with Gasteiger partial charge in [-0.25, -0.2) is 19.2 Å². The third kappa shape index (κ3) is 18.0. The van der Waals surface area contributed by atoms with Crippen molar-refractivity contribution < 1.29 is 43.6 Å². The number of rotatable bonds is 16. The number of carbonyl (C=O) groups excluding carboxylic acids is 2. The van der Waals surface area contributed by atoms with E-state index in [4.69, 9.17) is 19.7 Å². The van der Waals surface area contributed by atoms with Crippen molar-refractivity contribution in [2.24, 2.45) is 0 Å². The molecule has 198 valence electrons. The molecule has 0 aliphatic rings. The molecule has 9 heteroatoms. The normalized spacial score (nSPS) is 10.0. The molecule has 1 rings (SSSR count). The fraction of sp³-hybridized carbons (Fsp3) is 0.615. The van der Waals surface area contributed by atoms with Crippen LogP contribution in [0.1, 0.15) is 112 Å². The van der Waals surface area contributed by atoms with Crippen molar-refractivity contribution in [1.29, 1.82) is 0 Å². The summed E-state index contributed by atoms with van der Waals surface area (Å²) in [5.74, 6) is -0.888. The van der Waals surface area contributed by atoms with Crippen molar-refractivity contribution in [3.8, 4) is 0 Å². The Balaban J connectivity index is 0.00000143. The first-order valence-electron chi connectivity index (χ1n) is 12.4. The van der Waals surface area contributed by atoms with Crippen LogP contribution in [0.25, 0.3) is 0 Å². The number of unbranched alkanes of at least 4 members (excludes halogenated alkanes) is 10. The second-order valence-electron chi connectivity index (χ2n) is 7.99. The summed E-state index contributed by atoms with van der Waals surface area (Å²) in [4.78, 5) is 43.1. The van der Waals surface area contributed by atoms with Crippen molar-refractivity contribution >= 4 is 24.2 Å². The fourth-order valence-electron chi connectivity index (χ4n) is 3.16. The van der Waals surface area contributed by atoms with E-state index < -0.39 is 24.2 Å². The SMILES string of the molecule is CCCCCCCCOC(=O)c1ccccc1C(=O)OCCCCCCCC.O=C(O)OC(=O)O. The zero-order valence-corrected chi connectivity index (χ0v) is 21.0. The maximum absolute atomic E-state index is 12.4. The lowest BCUT2D eigenvalue weighted by Crippen LogP contribution is -2.15. The van der Waals surface area contributed by atoms with Gasteiger partial charge >= 0.3 is 24.2 Å². The molecule has 0 spiro atoms. The molecule has 2 N–H and O–H groups in total. The molecule has 0 saturated carbocycles. The Morgan fingerprint density at radius 3 is 1.26 bits per heavy atom. The van der Waals surface area contributed by atoms with Crippen LogP contribution in [-0.2, 0) is 14.2 Å². The van der Waals surface area contributed by atoms with E-state index in [0.717, 1.165) is 25.7 Å². The summed E-state index contributed by atoms with van der Waals surface area (Å²) >= 11 is 0. The number of carbonyl (C=O) groups is 4. The molecule has 35 heavy (non-hydrogen) atoms. The first-order chi connectivity index (χ1) is 16.8. The summed E-state index contributed by atoms with van der Waals surface area (Å²) in [7, 11) is 0. The van der Waals surface area contributed by atoms with Crippen molar-refractivity contribution in [1.82, 2.24) is 0 Å². The molecule has 0 aliphatic carbocycles. The van der Waals surface area contributed by atoms with Gasteiger partial charge in [-0.05, 0) is 25.0 Å². The standard InChI is InChI=1S/C24H38O4.C2H2O5/c1-3-5-7-9-11-15-19-27-23(25)21-17-13-14-18-22(21)24(26)28-20-16-12-10-8-6-4-2;3-1(4)7-2(5)6/h13-14,17-18H,3-12,15-16,19-20H2,1-2H3;(H,3,4)(H,5,6). The third-order valence-corrected chi connectivity index (χ3v) is 5.00. The smallest absolute Gasteiger partial charge is 0.462 e. The average Bonchev–Trinajstić information content (AvgIpc) is 2.82. The van der Waals surface area contributed by atoms with Gasteiger partial charge in [0.2, 0.25) is 0 Å². The Morgan fingerprint density at radius 1 is 0.600 bits per heavy atom. The highest BCUT2D eigenvalue weighted by Crippen LogP contribution is 2.14. The van der Waals surface area contributed by atoms with Crippen LogP contribution in [0.15, 0.2) is 24.3 Å². The lowest BCUT2D eigenvalue weighted by Gasteiger charge is -2.10. The molecular weight excluding hydrogens is 456 g/mol. The highest BCUT2D eigenvalue weighted by Gasteiger charge is 2.18. The van der Waals surface area contributed by atoms with Gasteiger partial charge in [-0.2, -0.15) is 0 Å². The monoisotopic (exact) mass is 496 g/mol. The minimum Gasteiger partial charge on any atom is -0.462 e. The molecule has 0 heterocycles. The van der Waals surface area contributed by atoms with E-state index in [1.54, 1.807) is 24.3 Å². The predicted molar refractivity (Wildman–Crippen MR) is 131 cm³/mol. The molecule has 0 radical (unpaired) electrons. The Kier molecular flexibility index (Phi) is 19.5. The van der Waals surface area contributed by atoms with Gasteiger partial charge in [-0.1, -0.05) is 90.2 Å². The molecule has 0 saturated heterocycles. The number of ether oxygens (including phenoxy) is 3. The van der Waals surface area contributed by atoms with Crippen molar-refractivity contribution in [2.45, 2.75) is 90.9 Å². The maximum Gasteiger partial charge on any atom is 0.516 e. The van der Waals surface area contributed by atoms with Gasteiger partial charge in [-0.3, -0.25) is 0 Å². The van der Waals surface area contributed by atoms with Crippen molar-refractivity contribution in [3.05, 3.63) is 35.4 Å². The van der Waals surface area contributed by atoms with Crippen molar-refractivity contribution in [3.63, 3.8) is 0 Å². The van der Waals surface area contributed by atoms with Gasteiger partial charge in [0.05, 0.1) is 24.3 Å². The van der Waals surface area contributed by atoms with Gasteiger partial charge in [0, 0.05) is 0 Å². The lowest BCUT2D eigenvalue weighted by atomic mass is 10.1. The Bertz CT molecular complexity index is 685. The number of hydrogen-bond donors (Lipinski definition) is 2. The minimum absolute atomic E-state index is 0.293. The summed E-state index contributed by atoms with van der Waals surface area (Å²) in [5.41, 5.74) is 0.586. The number of esters is 2. The summed E-state index contributed by atoms with van der Waals surface area (Å²) in [6, 6.07) is 6.74. The predicted octanol–water partition coefficient (Wildman–Crippen LogP) is 7.08. The van der Waals surface area contributed by atoms with E-state index >= 15 is 0 Å². The molecule has 9 nitrogen and oxygen atoms in total. The van der Waals surface area contributed by atoms with E-state index in [2.05, 4.69) is 18.6 Å². The van der Waals surface area contributed by atoms with E-state index in [9.17, 15) is 19.2 Å². The van der Waals surface area contributed by atoms with Crippen LogP contribution < -0.4 is 0 Å². The first-order valence-corrected chi connectivity index (χ1v) is 12.4. The maximum atomic E-state index is 12.4. The van der Waals surface area contributed by atoms with Crippen LogP contribution >= 0.6 is 0 Å². The molecule has 0 unspecified atom stereocenters. The molecule has 1 aromatic rings. The summed E-state index contributed by atoms with van der Waals surface area (Å²) in [5, 5.41) is 15.0. The van der Waals surface area contributed by atoms with Crippen LogP contribution in [-0.4, -0.2) is 47.7 Å². The highest BCUT2D eigenvalue weighted by molar-refractivity contribution is 6.03. The Morgan fingerprint density at radius 2 is 0.943 bits per heavy atom. The molecule has 0 aromatic heterocycles. The van der Waals surface area contributed by atoms with Gasteiger partial charge < -0.3 is 24.4 Å². The van der Waals surface area contributed by atoms with Gasteiger partial charge in [0.25, 0.3) is 0 Å². The van der Waals surface area contributed by atoms with Crippen LogP contribution in [0.3, 0.4) is 0 Å². The zero-order valence-electron chi connectivity index (χ0n) is 21.0. The number of carboxylic acid groups (broad SMARTS) is 2. The van der Waals surface area contributed by atoms with Crippen LogP contribution in [0.2, 0.25) is 0 Å². The molecule has 1 aromatic carbocycles. The molecular formula is C26H40O9. The highest BCUT2D eigenvalue weighted by atomic mass is 16.7. The lowest BCUT2D eigenvalue weighted by molar-refractivity contribution is 0.0450. The molecule has 0 aliphatic heterocycles. The average molecular weight is 497 g/mol. The van der Waals surface area contributed by atoms with Gasteiger partial charge in [0.1, 0.15) is 0 Å². The fourth-order valence-corrected chi connectivity index (χ4v) is 3.16. The van der Waals surface area contributed by atoms with E-state index in [1.807, 2.05) is 0 Å². The molecule has 0 amide bonds. The van der Waals surface area contributed by atoms with Gasteiger partial charge in [-0.15, -0.1) is 0 Å². The first kappa shape index (κ1) is 31.9.